The van der Waals surface area contributed by atoms with Gasteiger partial charge in [0.05, 0.1) is 12.3 Å². The van der Waals surface area contributed by atoms with Gasteiger partial charge in [-0.05, 0) is 72.4 Å². The minimum absolute atomic E-state index is 0.0573. The zero-order chi connectivity index (χ0) is 36.2. The molecule has 1 heterocycles. The van der Waals surface area contributed by atoms with Crippen LogP contribution in [0.15, 0.2) is 162 Å². The van der Waals surface area contributed by atoms with Crippen molar-refractivity contribution in [3.05, 3.63) is 158 Å². The first kappa shape index (κ1) is 16.7. The Morgan fingerprint density at radius 2 is 1.00 bits per heavy atom. The summed E-state index contributed by atoms with van der Waals surface area (Å²) >= 11 is 0. The lowest BCUT2D eigenvalue weighted by Gasteiger charge is -2.20. The summed E-state index contributed by atoms with van der Waals surface area (Å²) in [5, 5.41) is 6.92. The van der Waals surface area contributed by atoms with Crippen LogP contribution in [0.5, 0.6) is 0 Å². The summed E-state index contributed by atoms with van der Waals surface area (Å²) < 4.78 is 85.0. The molecule has 0 aliphatic heterocycles. The Hall–Kier alpha value is -5.66. The van der Waals surface area contributed by atoms with E-state index in [0.717, 1.165) is 54.6 Å². The number of fused-ring (bicyclic) bond motifs is 7. The van der Waals surface area contributed by atoms with Crippen molar-refractivity contribution in [3.8, 4) is 33.4 Å². The van der Waals surface area contributed by atoms with E-state index in [0.29, 0.717) is 16.3 Å². The predicted molar refractivity (Wildman–Crippen MR) is 183 cm³/mol. The van der Waals surface area contributed by atoms with Crippen molar-refractivity contribution in [2.45, 2.75) is 0 Å². The second-order valence-electron chi connectivity index (χ2n) is 10.5. The molecule has 8 aromatic carbocycles. The molecule has 0 unspecified atom stereocenters. The van der Waals surface area contributed by atoms with Crippen LogP contribution in [0.3, 0.4) is 0 Å². The maximum atomic E-state index is 9.31. The standard InChI is InChI=1S/C42H26O/c1-2-13-27(14-3-1)29-16-6-7-18-31(29)39-32-19-8-10-21-34(32)40(35-22-11-9-20-33(35)39)36-23-12-24-38-41(36)37-26-25-28-15-4-5-17-30(28)42(37)43-38/h1-26H/i1D,2D,3D,6D,7D,13D,14D,16D,18D. The number of rotatable bonds is 3. The molecule has 0 saturated heterocycles. The summed E-state index contributed by atoms with van der Waals surface area (Å²) in [6.45, 7) is 0. The van der Waals surface area contributed by atoms with Gasteiger partial charge in [-0.1, -0.05) is 145 Å². The lowest BCUT2D eigenvalue weighted by atomic mass is 9.83. The van der Waals surface area contributed by atoms with Gasteiger partial charge in [-0.3, -0.25) is 0 Å². The summed E-state index contributed by atoms with van der Waals surface area (Å²) in [6.07, 6.45) is 0. The molecular weight excluding hydrogens is 520 g/mol. The van der Waals surface area contributed by atoms with Crippen molar-refractivity contribution in [1.29, 1.82) is 0 Å². The predicted octanol–water partition coefficient (Wildman–Crippen LogP) is 12.0. The van der Waals surface area contributed by atoms with Crippen molar-refractivity contribution in [2.75, 3.05) is 0 Å². The fraction of sp³-hybridized carbons (Fsp3) is 0. The van der Waals surface area contributed by atoms with Gasteiger partial charge in [-0.25, -0.2) is 0 Å². The van der Waals surface area contributed by atoms with Gasteiger partial charge in [-0.2, -0.15) is 0 Å². The molecular formula is C42H26O. The molecule has 1 aromatic heterocycles. The smallest absolute Gasteiger partial charge is 0.143 e. The van der Waals surface area contributed by atoms with Crippen LogP contribution in [0.4, 0.5) is 0 Å². The molecule has 1 heteroatoms. The van der Waals surface area contributed by atoms with Gasteiger partial charge in [0.25, 0.3) is 0 Å². The van der Waals surface area contributed by atoms with Gasteiger partial charge in [0.1, 0.15) is 11.2 Å². The molecule has 200 valence electrons. The van der Waals surface area contributed by atoms with E-state index in [1.54, 1.807) is 0 Å². The van der Waals surface area contributed by atoms with E-state index >= 15 is 0 Å². The molecule has 0 fully saturated rings. The van der Waals surface area contributed by atoms with E-state index in [1.165, 1.54) is 0 Å². The topological polar surface area (TPSA) is 13.1 Å². The molecule has 0 aliphatic rings. The van der Waals surface area contributed by atoms with Gasteiger partial charge in [0.2, 0.25) is 0 Å². The fourth-order valence-electron chi connectivity index (χ4n) is 6.51. The van der Waals surface area contributed by atoms with Crippen LogP contribution in [0.2, 0.25) is 0 Å². The van der Waals surface area contributed by atoms with E-state index in [9.17, 15) is 1.37 Å². The van der Waals surface area contributed by atoms with E-state index in [4.69, 9.17) is 15.4 Å². The van der Waals surface area contributed by atoms with Crippen molar-refractivity contribution < 1.29 is 16.8 Å². The molecule has 9 rings (SSSR count). The molecule has 0 aliphatic carbocycles. The van der Waals surface area contributed by atoms with Crippen LogP contribution in [0.1, 0.15) is 12.3 Å². The second kappa shape index (κ2) is 9.44. The maximum Gasteiger partial charge on any atom is 0.143 e. The normalized spacial score (nSPS) is 14.7. The third-order valence-corrected chi connectivity index (χ3v) is 8.28. The number of hydrogen-bond donors (Lipinski definition) is 0. The van der Waals surface area contributed by atoms with E-state index in [-0.39, 0.29) is 22.7 Å². The van der Waals surface area contributed by atoms with Crippen molar-refractivity contribution in [2.24, 2.45) is 0 Å². The number of furan rings is 1. The quantitative estimate of drug-likeness (QED) is 0.198. The Balaban J connectivity index is 1.47. The summed E-state index contributed by atoms with van der Waals surface area (Å²) in [4.78, 5) is 0. The monoisotopic (exact) mass is 555 g/mol. The molecule has 0 radical (unpaired) electrons. The first-order chi connectivity index (χ1) is 25.1. The average molecular weight is 556 g/mol. The van der Waals surface area contributed by atoms with E-state index in [1.807, 2.05) is 78.9 Å². The molecule has 43 heavy (non-hydrogen) atoms. The molecule has 9 aromatic rings. The largest absolute Gasteiger partial charge is 0.455 e. The minimum Gasteiger partial charge on any atom is -0.455 e. The highest BCUT2D eigenvalue weighted by Crippen LogP contribution is 2.48. The Kier molecular flexibility index (Phi) is 3.67. The molecule has 0 spiro atoms. The SMILES string of the molecule is [2H]c1c([2H])c([2H])c(-c2c([2H])c([2H])c([2H])c([2H])c2-c2c3ccccc3c(-c3cccc4oc5c6ccccc6ccc5c34)c3ccccc23)c([2H])c1[2H]. The Morgan fingerprint density at radius 1 is 0.419 bits per heavy atom. The number of benzene rings is 8. The molecule has 0 atom stereocenters. The highest BCUT2D eigenvalue weighted by atomic mass is 16.3. The van der Waals surface area contributed by atoms with Gasteiger partial charge in [0, 0.05) is 16.2 Å². The highest BCUT2D eigenvalue weighted by molar-refractivity contribution is 6.27. The summed E-state index contributed by atoms with van der Waals surface area (Å²) in [6, 6.07) is 28.8. The van der Waals surface area contributed by atoms with Crippen LogP contribution in [0.25, 0.3) is 87.6 Å². The van der Waals surface area contributed by atoms with Crippen LogP contribution >= 0.6 is 0 Å². The lowest BCUT2D eigenvalue weighted by molar-refractivity contribution is 0.673. The van der Waals surface area contributed by atoms with E-state index in [2.05, 4.69) is 24.3 Å². The molecule has 0 amide bonds. The van der Waals surface area contributed by atoms with E-state index < -0.39 is 48.3 Å². The first-order valence-electron chi connectivity index (χ1n) is 18.5. The second-order valence-corrected chi connectivity index (χ2v) is 10.5. The summed E-state index contributed by atoms with van der Waals surface area (Å²) in [7, 11) is 0. The average Bonchev–Trinajstić information content (AvgIpc) is 3.57. The van der Waals surface area contributed by atoms with Gasteiger partial charge >= 0.3 is 0 Å². The highest BCUT2D eigenvalue weighted by Gasteiger charge is 2.21. The maximum absolute atomic E-state index is 9.31. The first-order valence-corrected chi connectivity index (χ1v) is 14.0. The summed E-state index contributed by atoms with van der Waals surface area (Å²) in [5.41, 5.74) is 3.43. The summed E-state index contributed by atoms with van der Waals surface area (Å²) in [5.74, 6) is 0. The Morgan fingerprint density at radius 3 is 1.70 bits per heavy atom. The van der Waals surface area contributed by atoms with Gasteiger partial charge in [-0.15, -0.1) is 0 Å². The van der Waals surface area contributed by atoms with Crippen LogP contribution in [0, 0.1) is 0 Å². The van der Waals surface area contributed by atoms with Crippen LogP contribution < -0.4 is 0 Å². The third-order valence-electron chi connectivity index (χ3n) is 8.28. The lowest BCUT2D eigenvalue weighted by Crippen LogP contribution is -1.93. The molecule has 0 saturated carbocycles. The van der Waals surface area contributed by atoms with Crippen LogP contribution in [-0.2, 0) is 0 Å². The van der Waals surface area contributed by atoms with Crippen molar-refractivity contribution in [1.82, 2.24) is 0 Å². The van der Waals surface area contributed by atoms with Crippen molar-refractivity contribution in [3.63, 3.8) is 0 Å². The van der Waals surface area contributed by atoms with Crippen LogP contribution in [-0.4, -0.2) is 0 Å². The van der Waals surface area contributed by atoms with Gasteiger partial charge < -0.3 is 4.42 Å². The van der Waals surface area contributed by atoms with Crippen molar-refractivity contribution >= 4 is 54.3 Å². The molecule has 0 N–H and O–H groups in total. The zero-order valence-electron chi connectivity index (χ0n) is 31.7. The zero-order valence-corrected chi connectivity index (χ0v) is 22.7. The molecule has 0 bridgehead atoms. The van der Waals surface area contributed by atoms with Gasteiger partial charge in [0.15, 0.2) is 0 Å². The number of hydrogen-bond acceptors (Lipinski definition) is 1. The molecule has 1 nitrogen and oxygen atoms in total. The Labute approximate surface area is 261 Å². The third kappa shape index (κ3) is 3.58. The fourth-order valence-corrected chi connectivity index (χ4v) is 6.51. The minimum atomic E-state index is -0.590. The Bertz CT molecular complexity index is 2930.